The zero-order chi connectivity index (χ0) is 20.8. The Hall–Kier alpha value is -4.20. The number of amides is 4. The van der Waals surface area contributed by atoms with Gasteiger partial charge in [-0.15, -0.1) is 0 Å². The fourth-order valence-electron chi connectivity index (χ4n) is 1.57. The average molecular weight is 382 g/mol. The highest BCUT2D eigenvalue weighted by molar-refractivity contribution is 6.13. The summed E-state index contributed by atoms with van der Waals surface area (Å²) in [6.45, 7) is 0. The third-order valence-electron chi connectivity index (χ3n) is 2.78. The van der Waals surface area contributed by atoms with Gasteiger partial charge in [0.15, 0.2) is 0 Å². The van der Waals surface area contributed by atoms with E-state index in [0.29, 0.717) is 11.5 Å². The van der Waals surface area contributed by atoms with E-state index in [2.05, 4.69) is 0 Å². The standard InChI is InChI=1S/2C6H6O.2C4H3NO2/c2*7-6-4-2-1-3-5-6;2*6-3-1-2-4(7)5-3/h2*1-5,7H;2*1-2H,(H,5,6,7). The molecule has 0 radical (unpaired) electrons. The van der Waals surface area contributed by atoms with E-state index < -0.39 is 0 Å². The van der Waals surface area contributed by atoms with Crippen LogP contribution in [0.2, 0.25) is 0 Å². The molecule has 0 saturated heterocycles. The Morgan fingerprint density at radius 1 is 0.464 bits per heavy atom. The van der Waals surface area contributed by atoms with E-state index >= 15 is 0 Å². The van der Waals surface area contributed by atoms with Crippen LogP contribution in [0.3, 0.4) is 0 Å². The number of benzene rings is 2. The van der Waals surface area contributed by atoms with Crippen molar-refractivity contribution in [2.75, 3.05) is 0 Å². The number of rotatable bonds is 0. The number of para-hydroxylation sites is 2. The molecule has 4 rings (SSSR count). The number of carbonyl (C=O) groups excluding carboxylic acids is 4. The summed E-state index contributed by atoms with van der Waals surface area (Å²) in [4.78, 5) is 40.1. The molecule has 2 aliphatic heterocycles. The molecule has 8 heteroatoms. The molecule has 144 valence electrons. The summed E-state index contributed by atoms with van der Waals surface area (Å²) in [7, 11) is 0. The number of phenolic OH excluding ortho intramolecular Hbond substituents is 2. The monoisotopic (exact) mass is 382 g/mol. The Bertz CT molecular complexity index is 755. The third-order valence-corrected chi connectivity index (χ3v) is 2.78. The van der Waals surface area contributed by atoms with Gasteiger partial charge >= 0.3 is 0 Å². The molecule has 4 amide bonds. The van der Waals surface area contributed by atoms with Crippen LogP contribution >= 0.6 is 0 Å². The van der Waals surface area contributed by atoms with E-state index in [9.17, 15) is 19.2 Å². The molecule has 0 aliphatic carbocycles. The lowest BCUT2D eigenvalue weighted by Gasteiger charge is -1.82. The Morgan fingerprint density at radius 2 is 0.714 bits per heavy atom. The quantitative estimate of drug-likeness (QED) is 0.506. The number of hydrogen-bond donors (Lipinski definition) is 4. The highest BCUT2D eigenvalue weighted by Gasteiger charge is 2.07. The summed E-state index contributed by atoms with van der Waals surface area (Å²) < 4.78 is 0. The zero-order valence-corrected chi connectivity index (χ0v) is 14.6. The highest BCUT2D eigenvalue weighted by Crippen LogP contribution is 2.03. The number of nitrogens with one attached hydrogen (secondary N) is 2. The van der Waals surface area contributed by atoms with Crippen LogP contribution in [-0.2, 0) is 19.2 Å². The third kappa shape index (κ3) is 10.6. The van der Waals surface area contributed by atoms with Gasteiger partial charge in [0.2, 0.25) is 0 Å². The van der Waals surface area contributed by atoms with Crippen molar-refractivity contribution < 1.29 is 29.4 Å². The SMILES string of the molecule is O=C1C=CC(=O)N1.O=C1C=CC(=O)N1.Oc1ccccc1.Oc1ccccc1. The van der Waals surface area contributed by atoms with Gasteiger partial charge in [0.25, 0.3) is 23.6 Å². The summed E-state index contributed by atoms with van der Waals surface area (Å²) >= 11 is 0. The minimum Gasteiger partial charge on any atom is -0.508 e. The fourth-order valence-corrected chi connectivity index (χ4v) is 1.57. The summed E-state index contributed by atoms with van der Waals surface area (Å²) in [5.41, 5.74) is 0. The maximum Gasteiger partial charge on any atom is 0.250 e. The molecule has 0 bridgehead atoms. The molecular formula is C20H18N2O6. The topological polar surface area (TPSA) is 133 Å². The summed E-state index contributed by atoms with van der Waals surface area (Å²) in [5.74, 6) is -0.671. The first kappa shape index (κ1) is 21.8. The molecule has 0 unspecified atom stereocenters. The van der Waals surface area contributed by atoms with Gasteiger partial charge in [0.05, 0.1) is 0 Å². The molecule has 8 nitrogen and oxygen atoms in total. The van der Waals surface area contributed by atoms with Gasteiger partial charge in [-0.05, 0) is 24.3 Å². The molecule has 2 heterocycles. The number of carbonyl (C=O) groups is 4. The summed E-state index contributed by atoms with van der Waals surface area (Å²) in [5, 5.41) is 21.3. The molecule has 2 aromatic carbocycles. The van der Waals surface area contributed by atoms with Gasteiger partial charge < -0.3 is 10.2 Å². The van der Waals surface area contributed by atoms with Crippen LogP contribution in [0.5, 0.6) is 11.5 Å². The molecule has 2 aliphatic rings. The summed E-state index contributed by atoms with van der Waals surface area (Å²) in [6.07, 6.45) is 4.79. The second-order valence-corrected chi connectivity index (χ2v) is 5.04. The van der Waals surface area contributed by atoms with E-state index in [1.54, 1.807) is 48.5 Å². The molecule has 0 aromatic heterocycles. The Morgan fingerprint density at radius 3 is 0.821 bits per heavy atom. The van der Waals surface area contributed by atoms with E-state index in [0.717, 1.165) is 0 Å². The first-order valence-electron chi connectivity index (χ1n) is 7.91. The summed E-state index contributed by atoms with van der Waals surface area (Å²) in [6, 6.07) is 17.4. The maximum absolute atomic E-state index is 10.0. The van der Waals surface area contributed by atoms with Crippen molar-refractivity contribution in [2.45, 2.75) is 0 Å². The predicted octanol–water partition coefficient (Wildman–Crippen LogP) is 1.18. The molecule has 0 spiro atoms. The van der Waals surface area contributed by atoms with Crippen LogP contribution in [0.25, 0.3) is 0 Å². The van der Waals surface area contributed by atoms with E-state index in [-0.39, 0.29) is 23.6 Å². The Kier molecular flexibility index (Phi) is 9.52. The molecule has 0 fully saturated rings. The van der Waals surface area contributed by atoms with Crippen LogP contribution in [-0.4, -0.2) is 33.8 Å². The molecule has 28 heavy (non-hydrogen) atoms. The number of hydrogen-bond acceptors (Lipinski definition) is 6. The smallest absolute Gasteiger partial charge is 0.250 e. The number of phenols is 2. The first-order valence-corrected chi connectivity index (χ1v) is 7.91. The second-order valence-electron chi connectivity index (χ2n) is 5.04. The number of aromatic hydroxyl groups is 2. The normalized spacial score (nSPS) is 13.1. The molecule has 0 atom stereocenters. The van der Waals surface area contributed by atoms with Crippen LogP contribution in [0.1, 0.15) is 0 Å². The predicted molar refractivity (Wildman–Crippen MR) is 101 cm³/mol. The second kappa shape index (κ2) is 12.2. The van der Waals surface area contributed by atoms with Crippen LogP contribution < -0.4 is 10.6 Å². The van der Waals surface area contributed by atoms with Gasteiger partial charge in [-0.1, -0.05) is 36.4 Å². The van der Waals surface area contributed by atoms with Crippen LogP contribution in [0.15, 0.2) is 85.0 Å². The zero-order valence-electron chi connectivity index (χ0n) is 14.6. The van der Waals surface area contributed by atoms with Crippen LogP contribution in [0, 0.1) is 0 Å². The fraction of sp³-hybridized carbons (Fsp3) is 0. The lowest BCUT2D eigenvalue weighted by Crippen LogP contribution is -2.19. The van der Waals surface area contributed by atoms with Gasteiger partial charge in [-0.25, -0.2) is 0 Å². The lowest BCUT2D eigenvalue weighted by atomic mass is 10.3. The van der Waals surface area contributed by atoms with Crippen molar-refractivity contribution in [3.05, 3.63) is 85.0 Å². The Labute approximate surface area is 160 Å². The van der Waals surface area contributed by atoms with E-state index in [1.165, 1.54) is 24.3 Å². The van der Waals surface area contributed by atoms with Crippen molar-refractivity contribution >= 4 is 23.6 Å². The number of imide groups is 2. The average Bonchev–Trinajstić information content (AvgIpc) is 3.24. The largest absolute Gasteiger partial charge is 0.508 e. The van der Waals surface area contributed by atoms with Gasteiger partial charge in [-0.3, -0.25) is 29.8 Å². The van der Waals surface area contributed by atoms with Crippen LogP contribution in [0.4, 0.5) is 0 Å². The van der Waals surface area contributed by atoms with Gasteiger partial charge in [0.1, 0.15) is 11.5 Å². The van der Waals surface area contributed by atoms with Gasteiger partial charge in [0, 0.05) is 24.3 Å². The minimum absolute atomic E-state index is 0.322. The molecular weight excluding hydrogens is 364 g/mol. The molecule has 4 N–H and O–H groups in total. The first-order chi connectivity index (χ1) is 13.4. The van der Waals surface area contributed by atoms with Crippen molar-refractivity contribution in [3.63, 3.8) is 0 Å². The molecule has 0 saturated carbocycles. The Balaban J connectivity index is 0.000000187. The minimum atomic E-state index is -0.329. The van der Waals surface area contributed by atoms with Crippen molar-refractivity contribution in [1.29, 1.82) is 0 Å². The van der Waals surface area contributed by atoms with Crippen molar-refractivity contribution in [3.8, 4) is 11.5 Å². The molecule has 2 aromatic rings. The van der Waals surface area contributed by atoms with E-state index in [4.69, 9.17) is 10.2 Å². The highest BCUT2D eigenvalue weighted by atomic mass is 16.3. The lowest BCUT2D eigenvalue weighted by molar-refractivity contribution is -0.125. The maximum atomic E-state index is 10.0. The van der Waals surface area contributed by atoms with Crippen molar-refractivity contribution in [1.82, 2.24) is 10.6 Å². The van der Waals surface area contributed by atoms with Gasteiger partial charge in [-0.2, -0.15) is 0 Å². The van der Waals surface area contributed by atoms with Crippen molar-refractivity contribution in [2.24, 2.45) is 0 Å². The van der Waals surface area contributed by atoms with E-state index in [1.807, 2.05) is 22.8 Å².